The van der Waals surface area contributed by atoms with Gasteiger partial charge in [0.15, 0.2) is 0 Å². The summed E-state index contributed by atoms with van der Waals surface area (Å²) in [5.74, 6) is -3.27. The van der Waals surface area contributed by atoms with Gasteiger partial charge in [-0.1, -0.05) is 0 Å². The summed E-state index contributed by atoms with van der Waals surface area (Å²) in [6, 6.07) is 0. The zero-order valence-electron chi connectivity index (χ0n) is 10.9. The van der Waals surface area contributed by atoms with Crippen LogP contribution in [0.4, 0.5) is 13.2 Å². The van der Waals surface area contributed by atoms with E-state index in [4.69, 9.17) is 9.84 Å². The Morgan fingerprint density at radius 1 is 1.35 bits per heavy atom. The van der Waals surface area contributed by atoms with E-state index in [1.807, 2.05) is 0 Å². The minimum atomic E-state index is -5.09. The number of carbonyl (C=O) groups excluding carboxylic acids is 1. The summed E-state index contributed by atoms with van der Waals surface area (Å²) in [7, 11) is 0. The average molecular weight is 298 g/mol. The van der Waals surface area contributed by atoms with Crippen molar-refractivity contribution in [2.24, 2.45) is 0 Å². The molecular weight excluding hydrogens is 281 g/mol. The smallest absolute Gasteiger partial charge is 0.422 e. The van der Waals surface area contributed by atoms with E-state index in [1.54, 1.807) is 0 Å². The fraction of sp³-hybridized carbons (Fsp3) is 0.818. The van der Waals surface area contributed by atoms with Crippen LogP contribution < -0.4 is 10.6 Å². The van der Waals surface area contributed by atoms with Crippen molar-refractivity contribution >= 4 is 11.9 Å². The van der Waals surface area contributed by atoms with E-state index in [1.165, 1.54) is 5.32 Å². The molecule has 9 heteroatoms. The standard InChI is InChI=1S/C11H17F3N2O4/c1-10(9(18)19,11(12,13)14)16-8(17)6-20-7-2-4-15-5-3-7/h7,15H,2-6H2,1H3,(H,16,17)(H,18,19). The number of rotatable bonds is 5. The first-order chi connectivity index (χ1) is 9.17. The molecule has 6 nitrogen and oxygen atoms in total. The summed E-state index contributed by atoms with van der Waals surface area (Å²) in [5, 5.41) is 13.2. The van der Waals surface area contributed by atoms with Crippen molar-refractivity contribution in [3.8, 4) is 0 Å². The zero-order valence-corrected chi connectivity index (χ0v) is 10.9. The van der Waals surface area contributed by atoms with Crippen molar-refractivity contribution < 1.29 is 32.6 Å². The molecule has 1 unspecified atom stereocenters. The first-order valence-electron chi connectivity index (χ1n) is 6.10. The number of amides is 1. The van der Waals surface area contributed by atoms with Crippen molar-refractivity contribution in [3.05, 3.63) is 0 Å². The SMILES string of the molecule is CC(NC(=O)COC1CCNCC1)(C(=O)O)C(F)(F)F. The van der Waals surface area contributed by atoms with Crippen LogP contribution in [0.15, 0.2) is 0 Å². The van der Waals surface area contributed by atoms with Gasteiger partial charge in [0.25, 0.3) is 0 Å². The Hall–Kier alpha value is -1.35. The molecule has 1 heterocycles. The maximum Gasteiger partial charge on any atom is 0.422 e. The topological polar surface area (TPSA) is 87.7 Å². The number of aliphatic carboxylic acids is 1. The van der Waals surface area contributed by atoms with Gasteiger partial charge in [0, 0.05) is 0 Å². The normalized spacial score (nSPS) is 20.2. The van der Waals surface area contributed by atoms with E-state index >= 15 is 0 Å². The van der Waals surface area contributed by atoms with Gasteiger partial charge in [0.05, 0.1) is 6.10 Å². The predicted octanol–water partition coefficient (Wildman–Crippen LogP) is 0.277. The molecule has 1 saturated heterocycles. The van der Waals surface area contributed by atoms with E-state index in [-0.39, 0.29) is 6.10 Å². The Bertz CT molecular complexity index is 369. The predicted molar refractivity (Wildman–Crippen MR) is 62.1 cm³/mol. The molecule has 3 N–H and O–H groups in total. The Morgan fingerprint density at radius 3 is 2.35 bits per heavy atom. The van der Waals surface area contributed by atoms with Crippen LogP contribution in [-0.2, 0) is 14.3 Å². The quantitative estimate of drug-likeness (QED) is 0.678. The number of nitrogens with one attached hydrogen (secondary N) is 2. The van der Waals surface area contributed by atoms with E-state index < -0.39 is 30.2 Å². The van der Waals surface area contributed by atoms with Gasteiger partial charge in [-0.15, -0.1) is 0 Å². The average Bonchev–Trinajstić information content (AvgIpc) is 2.36. The number of carboxylic acids is 1. The number of hydrogen-bond acceptors (Lipinski definition) is 4. The van der Waals surface area contributed by atoms with Crippen molar-refractivity contribution in [2.75, 3.05) is 19.7 Å². The van der Waals surface area contributed by atoms with Crippen LogP contribution in [0.25, 0.3) is 0 Å². The van der Waals surface area contributed by atoms with Crippen LogP contribution >= 0.6 is 0 Å². The number of ether oxygens (including phenoxy) is 1. The van der Waals surface area contributed by atoms with E-state index in [0.29, 0.717) is 32.9 Å². The second-order valence-corrected chi connectivity index (χ2v) is 4.74. The van der Waals surface area contributed by atoms with Crippen LogP contribution in [0.5, 0.6) is 0 Å². The van der Waals surface area contributed by atoms with Crippen molar-refractivity contribution in [1.29, 1.82) is 0 Å². The number of hydrogen-bond donors (Lipinski definition) is 3. The fourth-order valence-corrected chi connectivity index (χ4v) is 1.72. The first-order valence-corrected chi connectivity index (χ1v) is 6.10. The maximum absolute atomic E-state index is 12.7. The highest BCUT2D eigenvalue weighted by molar-refractivity contribution is 5.88. The number of halogens is 3. The van der Waals surface area contributed by atoms with Crippen LogP contribution in [0, 0.1) is 0 Å². The number of carboxylic acid groups (broad SMARTS) is 1. The second kappa shape index (κ2) is 6.40. The molecule has 0 radical (unpaired) electrons. The molecule has 0 aromatic heterocycles. The van der Waals surface area contributed by atoms with E-state index in [0.717, 1.165) is 0 Å². The zero-order chi connectivity index (χ0) is 15.4. The number of alkyl halides is 3. The van der Waals surface area contributed by atoms with Gasteiger partial charge in [0.1, 0.15) is 6.61 Å². The molecule has 1 aliphatic rings. The van der Waals surface area contributed by atoms with Crippen LogP contribution in [0.1, 0.15) is 19.8 Å². The summed E-state index contributed by atoms with van der Waals surface area (Å²) in [4.78, 5) is 22.2. The molecule has 116 valence electrons. The molecule has 1 fully saturated rings. The highest BCUT2D eigenvalue weighted by atomic mass is 19.4. The van der Waals surface area contributed by atoms with Gasteiger partial charge >= 0.3 is 12.1 Å². The third-order valence-corrected chi connectivity index (χ3v) is 3.12. The number of carbonyl (C=O) groups is 2. The molecule has 0 aromatic rings. The molecule has 1 rings (SSSR count). The minimum Gasteiger partial charge on any atom is -0.479 e. The van der Waals surface area contributed by atoms with Gasteiger partial charge in [-0.05, 0) is 32.9 Å². The monoisotopic (exact) mass is 298 g/mol. The Kier molecular flexibility index (Phi) is 5.35. The fourth-order valence-electron chi connectivity index (χ4n) is 1.72. The molecule has 0 saturated carbocycles. The molecule has 0 aliphatic carbocycles. The molecule has 1 amide bonds. The van der Waals surface area contributed by atoms with Gasteiger partial charge in [-0.2, -0.15) is 13.2 Å². The van der Waals surface area contributed by atoms with E-state index in [2.05, 4.69) is 5.32 Å². The van der Waals surface area contributed by atoms with Gasteiger partial charge < -0.3 is 20.5 Å². The minimum absolute atomic E-state index is 0.205. The lowest BCUT2D eigenvalue weighted by atomic mass is 10.0. The summed E-state index contributed by atoms with van der Waals surface area (Å²) >= 11 is 0. The Labute approximate surface area is 113 Å². The second-order valence-electron chi connectivity index (χ2n) is 4.74. The highest BCUT2D eigenvalue weighted by Crippen LogP contribution is 2.30. The highest BCUT2D eigenvalue weighted by Gasteiger charge is 2.58. The van der Waals surface area contributed by atoms with Crippen LogP contribution in [-0.4, -0.2) is 54.5 Å². The van der Waals surface area contributed by atoms with Crippen molar-refractivity contribution in [3.63, 3.8) is 0 Å². The third kappa shape index (κ3) is 4.07. The molecule has 0 spiro atoms. The molecular formula is C11H17F3N2O4. The molecule has 1 aliphatic heterocycles. The summed E-state index contributed by atoms with van der Waals surface area (Å²) in [6.07, 6.45) is -3.99. The summed E-state index contributed by atoms with van der Waals surface area (Å²) < 4.78 is 43.2. The molecule has 0 aromatic carbocycles. The van der Waals surface area contributed by atoms with Crippen LogP contribution in [0.2, 0.25) is 0 Å². The van der Waals surface area contributed by atoms with Crippen molar-refractivity contribution in [1.82, 2.24) is 10.6 Å². The van der Waals surface area contributed by atoms with Crippen molar-refractivity contribution in [2.45, 2.75) is 37.6 Å². The van der Waals surface area contributed by atoms with Crippen LogP contribution in [0.3, 0.4) is 0 Å². The lowest BCUT2D eigenvalue weighted by Gasteiger charge is -2.29. The third-order valence-electron chi connectivity index (χ3n) is 3.12. The van der Waals surface area contributed by atoms with E-state index in [9.17, 15) is 22.8 Å². The molecule has 1 atom stereocenters. The molecule has 0 bridgehead atoms. The molecule has 20 heavy (non-hydrogen) atoms. The summed E-state index contributed by atoms with van der Waals surface area (Å²) in [6.45, 7) is 1.23. The Morgan fingerprint density at radius 2 is 1.90 bits per heavy atom. The summed E-state index contributed by atoms with van der Waals surface area (Å²) in [5.41, 5.74) is -3.32. The largest absolute Gasteiger partial charge is 0.479 e. The first kappa shape index (κ1) is 16.7. The van der Waals surface area contributed by atoms with Gasteiger partial charge in [0.2, 0.25) is 11.4 Å². The lowest BCUT2D eigenvalue weighted by Crippen LogP contribution is -2.62. The lowest BCUT2D eigenvalue weighted by molar-refractivity contribution is -0.207. The van der Waals surface area contributed by atoms with Gasteiger partial charge in [-0.25, -0.2) is 4.79 Å². The number of piperidine rings is 1. The maximum atomic E-state index is 12.7. The Balaban J connectivity index is 2.52. The van der Waals surface area contributed by atoms with Gasteiger partial charge in [-0.3, -0.25) is 4.79 Å².